The number of benzene rings is 1. The van der Waals surface area contributed by atoms with E-state index in [9.17, 15) is 19.7 Å². The van der Waals surface area contributed by atoms with Crippen molar-refractivity contribution in [2.24, 2.45) is 5.92 Å². The second-order valence-corrected chi connectivity index (χ2v) is 4.97. The van der Waals surface area contributed by atoms with E-state index in [1.807, 2.05) is 0 Å². The third-order valence-corrected chi connectivity index (χ3v) is 3.40. The van der Waals surface area contributed by atoms with Gasteiger partial charge in [-0.3, -0.25) is 19.7 Å². The third-order valence-electron chi connectivity index (χ3n) is 2.76. The monoisotopic (exact) mass is 327 g/mol. The van der Waals surface area contributed by atoms with Crippen molar-refractivity contribution in [3.8, 4) is 0 Å². The minimum Gasteiger partial charge on any atom is -0.355 e. The van der Waals surface area contributed by atoms with E-state index in [4.69, 9.17) is 0 Å². The number of hydrogen-bond donors (Lipinski definition) is 2. The van der Waals surface area contributed by atoms with Crippen LogP contribution in [0.25, 0.3) is 0 Å². The molecule has 1 aromatic rings. The molecule has 0 aliphatic carbocycles. The lowest BCUT2D eigenvalue weighted by atomic mass is 10.1. The van der Waals surface area contributed by atoms with E-state index in [1.54, 1.807) is 0 Å². The van der Waals surface area contributed by atoms with Gasteiger partial charge in [0.25, 0.3) is 5.69 Å². The van der Waals surface area contributed by atoms with E-state index < -0.39 is 10.8 Å². The maximum Gasteiger partial charge on any atom is 0.283 e. The number of halogens is 1. The van der Waals surface area contributed by atoms with Crippen LogP contribution < -0.4 is 10.6 Å². The maximum absolute atomic E-state index is 11.8. The van der Waals surface area contributed by atoms with Crippen molar-refractivity contribution in [1.82, 2.24) is 5.32 Å². The highest BCUT2D eigenvalue weighted by atomic mass is 79.9. The number of amides is 2. The molecule has 2 N–H and O–H groups in total. The zero-order valence-electron chi connectivity index (χ0n) is 9.68. The SMILES string of the molecule is O=C1CC(C(=O)Nc2ccc([N+](=O)[O-])c(Br)c2)CN1. The Morgan fingerprint density at radius 2 is 2.26 bits per heavy atom. The van der Waals surface area contributed by atoms with Gasteiger partial charge in [0, 0.05) is 24.7 Å². The lowest BCUT2D eigenvalue weighted by Crippen LogP contribution is -2.24. The number of nitrogens with zero attached hydrogens (tertiary/aromatic N) is 1. The van der Waals surface area contributed by atoms with Crippen molar-refractivity contribution >= 4 is 39.1 Å². The molecule has 1 aromatic carbocycles. The Bertz CT molecular complexity index is 561. The highest BCUT2D eigenvalue weighted by Crippen LogP contribution is 2.28. The number of rotatable bonds is 3. The van der Waals surface area contributed by atoms with Crippen LogP contribution in [-0.4, -0.2) is 23.3 Å². The molecule has 1 unspecified atom stereocenters. The van der Waals surface area contributed by atoms with E-state index >= 15 is 0 Å². The van der Waals surface area contributed by atoms with E-state index in [2.05, 4.69) is 26.6 Å². The standard InChI is InChI=1S/C11H10BrN3O4/c12-8-4-7(1-2-9(8)15(18)19)14-11(17)6-3-10(16)13-5-6/h1-2,4,6H,3,5H2,(H,13,16)(H,14,17). The van der Waals surface area contributed by atoms with E-state index in [0.717, 1.165) is 0 Å². The molecule has 0 saturated carbocycles. The molecular weight excluding hydrogens is 318 g/mol. The summed E-state index contributed by atoms with van der Waals surface area (Å²) in [5.74, 6) is -0.828. The van der Waals surface area contributed by atoms with Gasteiger partial charge in [0.15, 0.2) is 0 Å². The normalized spacial score (nSPS) is 17.9. The van der Waals surface area contributed by atoms with Gasteiger partial charge in [0.1, 0.15) is 0 Å². The van der Waals surface area contributed by atoms with Crippen molar-refractivity contribution in [2.75, 3.05) is 11.9 Å². The van der Waals surface area contributed by atoms with Gasteiger partial charge in [0.2, 0.25) is 11.8 Å². The lowest BCUT2D eigenvalue weighted by Gasteiger charge is -2.09. The average Bonchev–Trinajstić information content (AvgIpc) is 2.75. The summed E-state index contributed by atoms with van der Waals surface area (Å²) in [5.41, 5.74) is 0.373. The number of anilines is 1. The quantitative estimate of drug-likeness (QED) is 0.647. The number of nitro benzene ring substituents is 1. The van der Waals surface area contributed by atoms with Crippen LogP contribution >= 0.6 is 15.9 Å². The molecule has 7 nitrogen and oxygen atoms in total. The molecular formula is C11H10BrN3O4. The van der Waals surface area contributed by atoms with E-state index in [1.165, 1.54) is 18.2 Å². The lowest BCUT2D eigenvalue weighted by molar-refractivity contribution is -0.385. The van der Waals surface area contributed by atoms with Gasteiger partial charge >= 0.3 is 0 Å². The molecule has 1 aliphatic heterocycles. The molecule has 2 rings (SSSR count). The smallest absolute Gasteiger partial charge is 0.283 e. The Kier molecular flexibility index (Phi) is 3.79. The van der Waals surface area contributed by atoms with Crippen LogP contribution in [0.15, 0.2) is 22.7 Å². The van der Waals surface area contributed by atoms with Gasteiger partial charge in [-0.1, -0.05) is 0 Å². The predicted octanol–water partition coefficient (Wildman–Crippen LogP) is 1.43. The van der Waals surface area contributed by atoms with Crippen molar-refractivity contribution in [3.05, 3.63) is 32.8 Å². The fourth-order valence-corrected chi connectivity index (χ4v) is 2.29. The second kappa shape index (κ2) is 5.35. The van der Waals surface area contributed by atoms with Crippen LogP contribution in [0.3, 0.4) is 0 Å². The van der Waals surface area contributed by atoms with Crippen molar-refractivity contribution < 1.29 is 14.5 Å². The third kappa shape index (κ3) is 3.08. The second-order valence-electron chi connectivity index (χ2n) is 4.12. The van der Waals surface area contributed by atoms with Crippen LogP contribution in [0, 0.1) is 16.0 Å². The summed E-state index contributed by atoms with van der Waals surface area (Å²) in [6, 6.07) is 4.21. The molecule has 1 atom stereocenters. The zero-order chi connectivity index (χ0) is 14.0. The van der Waals surface area contributed by atoms with Gasteiger partial charge in [-0.15, -0.1) is 0 Å². The van der Waals surface area contributed by atoms with Crippen LogP contribution in [-0.2, 0) is 9.59 Å². The van der Waals surface area contributed by atoms with Crippen molar-refractivity contribution in [1.29, 1.82) is 0 Å². The zero-order valence-corrected chi connectivity index (χ0v) is 11.3. The number of carbonyl (C=O) groups is 2. The van der Waals surface area contributed by atoms with Crippen LogP contribution in [0.4, 0.5) is 11.4 Å². The average molecular weight is 328 g/mol. The largest absolute Gasteiger partial charge is 0.355 e. The number of hydrogen-bond acceptors (Lipinski definition) is 4. The molecule has 8 heteroatoms. The first-order valence-corrected chi connectivity index (χ1v) is 6.28. The Morgan fingerprint density at radius 3 is 2.79 bits per heavy atom. The van der Waals surface area contributed by atoms with Gasteiger partial charge in [0.05, 0.1) is 15.3 Å². The van der Waals surface area contributed by atoms with E-state index in [0.29, 0.717) is 12.2 Å². The first-order valence-electron chi connectivity index (χ1n) is 5.49. The summed E-state index contributed by atoms with van der Waals surface area (Å²) in [4.78, 5) is 33.0. The Balaban J connectivity index is 2.07. The molecule has 100 valence electrons. The molecule has 1 heterocycles. The topological polar surface area (TPSA) is 101 Å². The Morgan fingerprint density at radius 1 is 1.53 bits per heavy atom. The molecule has 1 saturated heterocycles. The van der Waals surface area contributed by atoms with Gasteiger partial charge < -0.3 is 10.6 Å². The predicted molar refractivity (Wildman–Crippen MR) is 70.5 cm³/mol. The summed E-state index contributed by atoms with van der Waals surface area (Å²) in [5, 5.41) is 15.8. The summed E-state index contributed by atoms with van der Waals surface area (Å²) >= 11 is 3.07. The van der Waals surface area contributed by atoms with Crippen molar-refractivity contribution in [2.45, 2.75) is 6.42 Å². The maximum atomic E-state index is 11.8. The molecule has 1 aliphatic rings. The molecule has 0 radical (unpaired) electrons. The first kappa shape index (κ1) is 13.5. The molecule has 1 fully saturated rings. The number of nitrogens with one attached hydrogen (secondary N) is 2. The minimum absolute atomic E-state index is 0.0734. The Labute approximate surface area is 116 Å². The summed E-state index contributed by atoms with van der Waals surface area (Å²) in [6.45, 7) is 0.318. The summed E-state index contributed by atoms with van der Waals surface area (Å²) in [7, 11) is 0. The molecule has 0 spiro atoms. The van der Waals surface area contributed by atoms with Crippen LogP contribution in [0.2, 0.25) is 0 Å². The Hall–Kier alpha value is -1.96. The molecule has 19 heavy (non-hydrogen) atoms. The fraction of sp³-hybridized carbons (Fsp3) is 0.273. The van der Waals surface area contributed by atoms with E-state index in [-0.39, 0.29) is 28.4 Å². The van der Waals surface area contributed by atoms with Gasteiger partial charge in [-0.05, 0) is 28.1 Å². The summed E-state index contributed by atoms with van der Waals surface area (Å²) in [6.07, 6.45) is 0.167. The molecule has 0 aromatic heterocycles. The highest BCUT2D eigenvalue weighted by molar-refractivity contribution is 9.10. The first-order chi connectivity index (χ1) is 8.97. The van der Waals surface area contributed by atoms with Crippen molar-refractivity contribution in [3.63, 3.8) is 0 Å². The highest BCUT2D eigenvalue weighted by Gasteiger charge is 2.28. The molecule has 0 bridgehead atoms. The minimum atomic E-state index is -0.519. The molecule has 2 amide bonds. The fourth-order valence-electron chi connectivity index (χ4n) is 1.77. The van der Waals surface area contributed by atoms with Gasteiger partial charge in [-0.2, -0.15) is 0 Å². The van der Waals surface area contributed by atoms with Crippen LogP contribution in [0.1, 0.15) is 6.42 Å². The summed E-state index contributed by atoms with van der Waals surface area (Å²) < 4.78 is 0.288. The van der Waals surface area contributed by atoms with Crippen LogP contribution in [0.5, 0.6) is 0 Å². The number of nitro groups is 1. The van der Waals surface area contributed by atoms with Gasteiger partial charge in [-0.25, -0.2) is 0 Å². The number of carbonyl (C=O) groups excluding carboxylic acids is 2.